The zero-order valence-electron chi connectivity index (χ0n) is 66.9. The summed E-state index contributed by atoms with van der Waals surface area (Å²) in [6.07, 6.45) is 6.77. The first-order valence-corrected chi connectivity index (χ1v) is 40.8. The summed E-state index contributed by atoms with van der Waals surface area (Å²) in [7, 11) is 4.30. The Morgan fingerprint density at radius 3 is 1.95 bits per heavy atom. The SMILES string of the molecule is C=C(NCC(=O)O)[C@H](CSCC(=O)O[C@@H]1/C(C)=C/[C@@H](C)C(=O)CC([C@H](C)C[C@@H]2CC[C@@H](OCCOC(=O)CSC[C@H](NC(=O)CC[C@H](N)C(=O)O)C(=O)NCC(=O)O)[C@H](OC)C2)OC(=O)[C@@H]2CCCCN2C(=O)C(=O)[C@]2(O)O[C@@H](CC[C@H]2C)C[C@H](OC)/C(C)=C/C=C/C=C\[C@H](C)C[C@@H](C)C(=O)[C@@H]1OC)NC(=O)CC[C@H](N)C(=O)O. The van der Waals surface area contributed by atoms with E-state index in [9.17, 15) is 72.9 Å². The molecular formula is C78H119N7O27S2. The van der Waals surface area contributed by atoms with Crippen molar-refractivity contribution in [3.8, 4) is 0 Å². The number of thioether (sulfide) groups is 2. The van der Waals surface area contributed by atoms with E-state index in [-0.39, 0.29) is 98.6 Å². The first-order chi connectivity index (χ1) is 53.8. The van der Waals surface area contributed by atoms with Gasteiger partial charge in [-0.25, -0.2) is 4.79 Å². The van der Waals surface area contributed by atoms with Gasteiger partial charge < -0.3 is 101 Å². The van der Waals surface area contributed by atoms with Gasteiger partial charge in [0.1, 0.15) is 55.8 Å². The number of nitrogens with one attached hydrogen (secondary N) is 4. The maximum absolute atomic E-state index is 15.0. The topological polar surface area (TPSA) is 517 Å². The number of carboxylic acid groups (broad SMARTS) is 4. The van der Waals surface area contributed by atoms with E-state index in [4.69, 9.17) is 59.6 Å². The number of cyclic esters (lactones) is 1. The molecule has 114 heavy (non-hydrogen) atoms. The summed E-state index contributed by atoms with van der Waals surface area (Å²) in [5.41, 5.74) is 12.2. The fourth-order valence-corrected chi connectivity index (χ4v) is 15.6. The molecule has 0 aromatic carbocycles. The Hall–Kier alpha value is -7.94. The Morgan fingerprint density at radius 1 is 0.711 bits per heavy atom. The van der Waals surface area contributed by atoms with Gasteiger partial charge in [-0.05, 0) is 120 Å². The molecule has 0 aromatic heterocycles. The van der Waals surface area contributed by atoms with E-state index in [1.165, 1.54) is 27.4 Å². The number of aliphatic hydroxyl groups is 1. The predicted molar refractivity (Wildman–Crippen MR) is 417 cm³/mol. The van der Waals surface area contributed by atoms with Crippen molar-refractivity contribution in [1.82, 2.24) is 26.2 Å². The molecule has 0 radical (unpaired) electrons. The van der Waals surface area contributed by atoms with Gasteiger partial charge in [0.05, 0.1) is 48.6 Å². The lowest BCUT2D eigenvalue weighted by atomic mass is 9.78. The highest BCUT2D eigenvalue weighted by Gasteiger charge is 2.53. The maximum atomic E-state index is 15.0. The van der Waals surface area contributed by atoms with Crippen molar-refractivity contribution in [3.05, 3.63) is 59.9 Å². The Morgan fingerprint density at radius 2 is 1.33 bits per heavy atom. The summed E-state index contributed by atoms with van der Waals surface area (Å²) in [4.78, 5) is 186. The Balaban J connectivity index is 1.67. The number of piperidine rings is 1. The Bertz CT molecular complexity index is 3450. The number of amides is 4. The molecule has 4 aliphatic rings. The predicted octanol–water partition coefficient (Wildman–Crippen LogP) is 3.51. The average molecular weight is 1650 g/mol. The third kappa shape index (κ3) is 33.0. The number of carbonyl (C=O) groups excluding carboxylic acids is 10. The number of rotatable bonds is 36. The Kier molecular flexibility index (Phi) is 43.0. The molecule has 4 rings (SSSR count). The average Bonchev–Trinajstić information content (AvgIpc) is 0.768. The van der Waals surface area contributed by atoms with Crippen LogP contribution in [-0.4, -0.2) is 269 Å². The highest BCUT2D eigenvalue weighted by atomic mass is 32.2. The Labute approximate surface area is 673 Å². The number of carbonyl (C=O) groups is 14. The fourth-order valence-electron chi connectivity index (χ4n) is 13.9. The van der Waals surface area contributed by atoms with Gasteiger partial charge in [-0.15, -0.1) is 23.5 Å². The third-order valence-corrected chi connectivity index (χ3v) is 22.7. The third-order valence-electron chi connectivity index (χ3n) is 20.7. The lowest BCUT2D eigenvalue weighted by molar-refractivity contribution is -0.265. The van der Waals surface area contributed by atoms with E-state index < -0.39 is 210 Å². The minimum atomic E-state index is -2.57. The van der Waals surface area contributed by atoms with E-state index in [2.05, 4.69) is 27.8 Å². The maximum Gasteiger partial charge on any atom is 0.329 e. The van der Waals surface area contributed by atoms with Crippen LogP contribution in [0, 0.1) is 35.5 Å². The molecule has 19 atom stereocenters. The zero-order chi connectivity index (χ0) is 85.1. The van der Waals surface area contributed by atoms with Crippen LogP contribution in [0.4, 0.5) is 0 Å². The molecule has 34 nitrogen and oxygen atoms in total. The van der Waals surface area contributed by atoms with Gasteiger partial charge in [-0.3, -0.25) is 62.3 Å². The van der Waals surface area contributed by atoms with Crippen LogP contribution in [0.3, 0.4) is 0 Å². The minimum Gasteiger partial charge on any atom is -0.480 e. The monoisotopic (exact) mass is 1650 g/mol. The number of methoxy groups -OCH3 is 3. The summed E-state index contributed by atoms with van der Waals surface area (Å²) in [6.45, 7) is 14.3. The molecule has 2 saturated heterocycles. The number of fused-ring (bicyclic) bond motifs is 3. The lowest BCUT2D eigenvalue weighted by Crippen LogP contribution is -2.61. The van der Waals surface area contributed by atoms with Crippen LogP contribution in [0.2, 0.25) is 0 Å². The molecule has 0 spiro atoms. The number of nitrogens with two attached hydrogens (primary N) is 2. The molecule has 1 unspecified atom stereocenters. The number of ether oxygens (including phenoxy) is 8. The quantitative estimate of drug-likeness (QED) is 0.0141. The molecule has 1 aliphatic carbocycles. The number of hydrogen-bond acceptors (Lipinski definition) is 28. The number of Topliss-reactive ketones (excluding diaryl/α,β-unsaturated/α-hetero) is 3. The second-order valence-corrected chi connectivity index (χ2v) is 31.8. The van der Waals surface area contributed by atoms with Gasteiger partial charge in [-0.1, -0.05) is 77.7 Å². The molecule has 3 aliphatic heterocycles. The van der Waals surface area contributed by atoms with Crippen LogP contribution < -0.4 is 32.7 Å². The van der Waals surface area contributed by atoms with Gasteiger partial charge in [0, 0.05) is 88.5 Å². The fraction of sp³-hybridized carbons (Fsp3) is 0.692. The van der Waals surface area contributed by atoms with Crippen molar-refractivity contribution in [2.24, 2.45) is 47.0 Å². The van der Waals surface area contributed by atoms with Crippen molar-refractivity contribution in [2.45, 2.75) is 230 Å². The first kappa shape index (κ1) is 98.4. The van der Waals surface area contributed by atoms with E-state index in [1.54, 1.807) is 39.8 Å². The summed E-state index contributed by atoms with van der Waals surface area (Å²) in [5.74, 6) is -20.3. The highest BCUT2D eigenvalue weighted by Crippen LogP contribution is 2.39. The largest absolute Gasteiger partial charge is 0.480 e. The van der Waals surface area contributed by atoms with Gasteiger partial charge in [0.2, 0.25) is 23.5 Å². The lowest BCUT2D eigenvalue weighted by Gasteiger charge is -2.42. The van der Waals surface area contributed by atoms with Crippen LogP contribution in [0.5, 0.6) is 0 Å². The van der Waals surface area contributed by atoms with Crippen LogP contribution in [0.1, 0.15) is 151 Å². The molecule has 13 N–H and O–H groups in total. The van der Waals surface area contributed by atoms with Crippen LogP contribution in [0.25, 0.3) is 0 Å². The standard InChI is InChI=1S/C78H119N7O27S2/c1-43-17-13-12-14-18-44(2)60(105-9)35-52-22-20-49(7)78(104,112-52)72(96)74(98)85-28-16-15-19-57(85)77(103)110-61(46(4)33-51-21-25-59(62(34-51)106-10)108-29-30-109-67(93)41-114-40-56(73(97)82-38-66(91)92)84-64(88)27-24-54(80)76(101)102)36-58(86)45(3)32-48(6)70(71(107-11)69(95)47(5)31-43)111-68(94)42-113-39-55(50(8)81-37-65(89)90)83-63(87)26-23-53(79)75(99)100/h12-14,17-18,32,43,45-47,49,51-57,59-62,70-71,81,104H,8,15-16,19-31,33-42,79-80H2,1-7,9-11H3,(H,82,97)(H,83,87)(H,84,88)(H,89,90)(H,91,92)(H,99,100)(H,101,102)/b14-12+,17-13-,44-18+,48-32+/t43-,45+,46+,47+,49+,51-,52-,53-,54-,55-,56-,57-,59+,60-,61?,62+,70+,71-,78+/m0/s1. The number of carboxylic acids is 4. The number of allylic oxidation sites excluding steroid dienone is 6. The molecule has 4 amide bonds. The molecule has 2 bridgehead atoms. The molecule has 3 heterocycles. The minimum absolute atomic E-state index is 0.0521. The van der Waals surface area contributed by atoms with E-state index >= 15 is 9.59 Å². The molecule has 1 saturated carbocycles. The summed E-state index contributed by atoms with van der Waals surface area (Å²) >= 11 is 1.86. The second-order valence-electron chi connectivity index (χ2n) is 29.7. The van der Waals surface area contributed by atoms with Crippen LogP contribution in [-0.2, 0) is 105 Å². The number of ketones is 3. The molecular weight excluding hydrogens is 1530 g/mol. The van der Waals surface area contributed by atoms with Crippen molar-refractivity contribution in [1.29, 1.82) is 0 Å². The molecule has 3 fully saturated rings. The van der Waals surface area contributed by atoms with E-state index in [0.29, 0.717) is 57.8 Å². The van der Waals surface area contributed by atoms with Gasteiger partial charge in [0.15, 0.2) is 18.0 Å². The second kappa shape index (κ2) is 49.9. The first-order valence-electron chi connectivity index (χ1n) is 38.5. The summed E-state index contributed by atoms with van der Waals surface area (Å²) in [6, 6.07) is -6.31. The van der Waals surface area contributed by atoms with Gasteiger partial charge in [-0.2, -0.15) is 0 Å². The van der Waals surface area contributed by atoms with Crippen molar-refractivity contribution < 1.29 is 131 Å². The van der Waals surface area contributed by atoms with Crippen LogP contribution in [0.15, 0.2) is 59.9 Å². The van der Waals surface area contributed by atoms with Crippen molar-refractivity contribution in [3.63, 3.8) is 0 Å². The summed E-state index contributed by atoms with van der Waals surface area (Å²) in [5, 5.41) is 58.9. The normalized spacial score (nSPS) is 28.8. The molecule has 640 valence electrons. The van der Waals surface area contributed by atoms with Crippen molar-refractivity contribution in [2.75, 3.05) is 77.2 Å². The van der Waals surface area contributed by atoms with Crippen LogP contribution >= 0.6 is 23.5 Å². The van der Waals surface area contributed by atoms with Gasteiger partial charge in [0.25, 0.3) is 11.7 Å². The smallest absolute Gasteiger partial charge is 0.329 e. The molecule has 0 aromatic rings. The number of aliphatic carboxylic acids is 4. The number of esters is 3. The van der Waals surface area contributed by atoms with Gasteiger partial charge >= 0.3 is 41.8 Å². The summed E-state index contributed by atoms with van der Waals surface area (Å²) < 4.78 is 48.2. The van der Waals surface area contributed by atoms with Crippen molar-refractivity contribution >= 4 is 106 Å². The molecule has 36 heteroatoms. The zero-order valence-corrected chi connectivity index (χ0v) is 68.5. The van der Waals surface area contributed by atoms with E-state index in [0.717, 1.165) is 34.0 Å². The number of hydrogen-bond donors (Lipinski definition) is 11. The van der Waals surface area contributed by atoms with E-state index in [1.807, 2.05) is 39.0 Å². The highest BCUT2D eigenvalue weighted by molar-refractivity contribution is 8.00. The number of nitrogens with zero attached hydrogens (tertiary/aromatic N) is 1.